The van der Waals surface area contributed by atoms with Crippen molar-refractivity contribution in [2.75, 3.05) is 6.61 Å². The number of ketones is 1. The van der Waals surface area contributed by atoms with E-state index in [-0.39, 0.29) is 5.41 Å². The van der Waals surface area contributed by atoms with Gasteiger partial charge in [0.25, 0.3) is 5.19 Å². The van der Waals surface area contributed by atoms with E-state index < -0.39 is 0 Å². The fraction of sp³-hybridized carbons (Fsp3) is 0.667. The van der Waals surface area contributed by atoms with E-state index in [0.29, 0.717) is 12.4 Å². The lowest BCUT2D eigenvalue weighted by molar-refractivity contribution is -0.123. The highest BCUT2D eigenvalue weighted by Crippen LogP contribution is 2.38. The van der Waals surface area contributed by atoms with Crippen LogP contribution in [0.4, 0.5) is 0 Å². The molecule has 1 aromatic heterocycles. The molecule has 0 unspecified atom stereocenters. The zero-order chi connectivity index (χ0) is 11.4. The van der Waals surface area contributed by atoms with E-state index in [2.05, 4.69) is 11.9 Å². The number of hydrogen-bond acceptors (Lipinski definition) is 4. The molecular weight excluding hydrogens is 222 g/mol. The maximum atomic E-state index is 11.2. The van der Waals surface area contributed by atoms with Crippen molar-refractivity contribution in [1.82, 2.24) is 4.98 Å². The SMILES string of the molecule is CCC1(COc2nccs2)CCC(=O)CC1. The summed E-state index contributed by atoms with van der Waals surface area (Å²) in [6.07, 6.45) is 6.19. The number of thiazole rings is 1. The van der Waals surface area contributed by atoms with Gasteiger partial charge in [0.15, 0.2) is 0 Å². The van der Waals surface area contributed by atoms with Crippen LogP contribution in [0.3, 0.4) is 0 Å². The molecule has 4 heteroatoms. The molecule has 1 aliphatic rings. The average molecular weight is 239 g/mol. The minimum absolute atomic E-state index is 0.194. The number of aromatic nitrogens is 1. The molecule has 0 amide bonds. The molecule has 88 valence electrons. The van der Waals surface area contributed by atoms with E-state index >= 15 is 0 Å². The van der Waals surface area contributed by atoms with Gasteiger partial charge in [-0.05, 0) is 19.3 Å². The van der Waals surface area contributed by atoms with Gasteiger partial charge in [0.1, 0.15) is 5.78 Å². The maximum Gasteiger partial charge on any atom is 0.273 e. The van der Waals surface area contributed by atoms with Crippen molar-refractivity contribution in [2.24, 2.45) is 5.41 Å². The first kappa shape index (κ1) is 11.6. The molecule has 1 aromatic rings. The summed E-state index contributed by atoms with van der Waals surface area (Å²) in [5, 5.41) is 2.66. The van der Waals surface area contributed by atoms with Gasteiger partial charge in [-0.2, -0.15) is 0 Å². The van der Waals surface area contributed by atoms with Crippen molar-refractivity contribution >= 4 is 17.1 Å². The molecule has 1 saturated carbocycles. The molecule has 1 fully saturated rings. The highest BCUT2D eigenvalue weighted by atomic mass is 32.1. The predicted octanol–water partition coefficient (Wildman–Crippen LogP) is 3.06. The Kier molecular flexibility index (Phi) is 3.59. The summed E-state index contributed by atoms with van der Waals surface area (Å²) in [6.45, 7) is 2.88. The number of nitrogens with zero attached hydrogens (tertiary/aromatic N) is 1. The summed E-state index contributed by atoms with van der Waals surface area (Å²) >= 11 is 1.52. The molecule has 0 aliphatic heterocycles. The van der Waals surface area contributed by atoms with Gasteiger partial charge in [0.05, 0.1) is 6.61 Å². The van der Waals surface area contributed by atoms with Crippen LogP contribution >= 0.6 is 11.3 Å². The van der Waals surface area contributed by atoms with Crippen LogP contribution in [-0.2, 0) is 4.79 Å². The van der Waals surface area contributed by atoms with Gasteiger partial charge in [-0.15, -0.1) is 0 Å². The number of carbonyl (C=O) groups excluding carboxylic acids is 1. The van der Waals surface area contributed by atoms with Crippen molar-refractivity contribution in [1.29, 1.82) is 0 Å². The maximum absolute atomic E-state index is 11.2. The molecule has 0 spiro atoms. The van der Waals surface area contributed by atoms with Gasteiger partial charge in [-0.3, -0.25) is 4.79 Å². The largest absolute Gasteiger partial charge is 0.469 e. The van der Waals surface area contributed by atoms with E-state index in [1.165, 1.54) is 11.3 Å². The first-order valence-corrected chi connectivity index (χ1v) is 6.66. The van der Waals surface area contributed by atoms with Crippen LogP contribution in [0.2, 0.25) is 0 Å². The molecule has 16 heavy (non-hydrogen) atoms. The molecular formula is C12H17NO2S. The fourth-order valence-electron chi connectivity index (χ4n) is 2.16. The Bertz CT molecular complexity index is 338. The third kappa shape index (κ3) is 2.61. The predicted molar refractivity (Wildman–Crippen MR) is 63.8 cm³/mol. The number of Topliss-reactive ketones (excluding diaryl/α,β-unsaturated/α-hetero) is 1. The van der Waals surface area contributed by atoms with Crippen LogP contribution in [0.1, 0.15) is 39.0 Å². The Balaban J connectivity index is 1.92. The third-order valence-electron chi connectivity index (χ3n) is 3.53. The van der Waals surface area contributed by atoms with Crippen molar-refractivity contribution in [2.45, 2.75) is 39.0 Å². The zero-order valence-electron chi connectivity index (χ0n) is 9.57. The van der Waals surface area contributed by atoms with Crippen LogP contribution < -0.4 is 4.74 Å². The lowest BCUT2D eigenvalue weighted by Gasteiger charge is -2.35. The number of carbonyl (C=O) groups is 1. The van der Waals surface area contributed by atoms with Crippen LogP contribution in [0.5, 0.6) is 5.19 Å². The Labute approximate surface area is 99.8 Å². The fourth-order valence-corrected chi connectivity index (χ4v) is 2.64. The molecule has 1 aliphatic carbocycles. The van der Waals surface area contributed by atoms with Crippen LogP contribution in [-0.4, -0.2) is 17.4 Å². The van der Waals surface area contributed by atoms with Crippen LogP contribution in [0, 0.1) is 5.41 Å². The average Bonchev–Trinajstić information content (AvgIpc) is 2.82. The van der Waals surface area contributed by atoms with Gasteiger partial charge in [0, 0.05) is 29.8 Å². The Morgan fingerprint density at radius 1 is 1.50 bits per heavy atom. The quantitative estimate of drug-likeness (QED) is 0.810. The molecule has 1 heterocycles. The van der Waals surface area contributed by atoms with Gasteiger partial charge in [0.2, 0.25) is 0 Å². The second-order valence-corrected chi connectivity index (χ2v) is 5.34. The first-order chi connectivity index (χ1) is 7.74. The monoisotopic (exact) mass is 239 g/mol. The third-order valence-corrected chi connectivity index (χ3v) is 4.21. The molecule has 0 radical (unpaired) electrons. The Morgan fingerprint density at radius 2 is 2.25 bits per heavy atom. The Hall–Kier alpha value is -0.900. The molecule has 0 bridgehead atoms. The molecule has 0 atom stereocenters. The zero-order valence-corrected chi connectivity index (χ0v) is 10.4. The number of rotatable bonds is 4. The van der Waals surface area contributed by atoms with Gasteiger partial charge >= 0.3 is 0 Å². The second-order valence-electron chi connectivity index (χ2n) is 4.48. The van der Waals surface area contributed by atoms with E-state index in [1.807, 2.05) is 5.38 Å². The van der Waals surface area contributed by atoms with Crippen molar-refractivity contribution < 1.29 is 9.53 Å². The summed E-state index contributed by atoms with van der Waals surface area (Å²) in [7, 11) is 0. The molecule has 0 saturated heterocycles. The molecule has 2 rings (SSSR count). The minimum Gasteiger partial charge on any atom is -0.469 e. The van der Waals surface area contributed by atoms with Crippen molar-refractivity contribution in [3.05, 3.63) is 11.6 Å². The lowest BCUT2D eigenvalue weighted by atomic mass is 9.72. The molecule has 0 aromatic carbocycles. The summed E-state index contributed by atoms with van der Waals surface area (Å²) < 4.78 is 5.71. The van der Waals surface area contributed by atoms with Crippen molar-refractivity contribution in [3.8, 4) is 5.19 Å². The topological polar surface area (TPSA) is 39.2 Å². The summed E-state index contributed by atoms with van der Waals surface area (Å²) in [6, 6.07) is 0. The highest BCUT2D eigenvalue weighted by molar-refractivity contribution is 7.11. The normalized spacial score (nSPS) is 19.7. The van der Waals surface area contributed by atoms with Crippen molar-refractivity contribution in [3.63, 3.8) is 0 Å². The number of ether oxygens (including phenoxy) is 1. The van der Waals surface area contributed by atoms with Crippen LogP contribution in [0.25, 0.3) is 0 Å². The van der Waals surface area contributed by atoms with E-state index in [9.17, 15) is 4.79 Å². The highest BCUT2D eigenvalue weighted by Gasteiger charge is 2.34. The summed E-state index contributed by atoms with van der Waals surface area (Å²) in [5.41, 5.74) is 0.194. The van der Waals surface area contributed by atoms with Gasteiger partial charge in [-0.1, -0.05) is 18.3 Å². The lowest BCUT2D eigenvalue weighted by Crippen LogP contribution is -2.33. The van der Waals surface area contributed by atoms with E-state index in [4.69, 9.17) is 4.74 Å². The smallest absolute Gasteiger partial charge is 0.273 e. The van der Waals surface area contributed by atoms with Crippen LogP contribution in [0.15, 0.2) is 11.6 Å². The van der Waals surface area contributed by atoms with E-state index in [1.54, 1.807) is 6.20 Å². The Morgan fingerprint density at radius 3 is 2.81 bits per heavy atom. The number of hydrogen-bond donors (Lipinski definition) is 0. The first-order valence-electron chi connectivity index (χ1n) is 5.78. The minimum atomic E-state index is 0.194. The van der Waals surface area contributed by atoms with E-state index in [0.717, 1.165) is 37.3 Å². The second kappa shape index (κ2) is 4.95. The standard InChI is InChI=1S/C12H17NO2S/c1-2-12(5-3-10(14)4-6-12)9-15-11-13-7-8-16-11/h7-8H,2-6,9H2,1H3. The van der Waals surface area contributed by atoms with Gasteiger partial charge < -0.3 is 4.74 Å². The molecule has 3 nitrogen and oxygen atoms in total. The van der Waals surface area contributed by atoms with Gasteiger partial charge in [-0.25, -0.2) is 4.98 Å². The molecule has 0 N–H and O–H groups in total. The summed E-state index contributed by atoms with van der Waals surface area (Å²) in [5.74, 6) is 0.401. The summed E-state index contributed by atoms with van der Waals surface area (Å²) in [4.78, 5) is 15.4.